The molecule has 0 unspecified atom stereocenters. The molecule has 1 aliphatic heterocycles. The molecule has 1 heterocycles. The van der Waals surface area contributed by atoms with Crippen molar-refractivity contribution >= 4 is 40.7 Å². The lowest BCUT2D eigenvalue weighted by atomic mass is 9.95. The smallest absolute Gasteiger partial charge is 0.254 e. The molecule has 0 bridgehead atoms. The Labute approximate surface area is 163 Å². The van der Waals surface area contributed by atoms with Gasteiger partial charge in [-0.15, -0.1) is 0 Å². The van der Waals surface area contributed by atoms with Gasteiger partial charge in [0.25, 0.3) is 5.91 Å². The van der Waals surface area contributed by atoms with Gasteiger partial charge in [-0.25, -0.2) is 0 Å². The first-order chi connectivity index (χ1) is 12.5. The van der Waals surface area contributed by atoms with Gasteiger partial charge in [-0.3, -0.25) is 9.59 Å². The van der Waals surface area contributed by atoms with Crippen LogP contribution in [0.5, 0.6) is 0 Å². The van der Waals surface area contributed by atoms with E-state index in [9.17, 15) is 9.59 Å². The lowest BCUT2D eigenvalue weighted by molar-refractivity contribution is -0.121. The third kappa shape index (κ3) is 4.02. The molecule has 0 saturated carbocycles. The summed E-state index contributed by atoms with van der Waals surface area (Å²) in [7, 11) is 0. The van der Waals surface area contributed by atoms with Gasteiger partial charge in [-0.2, -0.15) is 0 Å². The van der Waals surface area contributed by atoms with Crippen LogP contribution in [0.25, 0.3) is 0 Å². The molecular formula is C20H20Cl2N2O2. The van der Waals surface area contributed by atoms with Crippen molar-refractivity contribution < 1.29 is 9.59 Å². The third-order valence-corrected chi connectivity index (χ3v) is 5.56. The number of piperidine rings is 1. The molecule has 2 aromatic rings. The average Bonchev–Trinajstić information content (AvgIpc) is 2.65. The molecule has 1 aliphatic rings. The van der Waals surface area contributed by atoms with E-state index in [1.807, 2.05) is 36.1 Å². The van der Waals surface area contributed by atoms with Crippen molar-refractivity contribution in [3.8, 4) is 0 Å². The summed E-state index contributed by atoms with van der Waals surface area (Å²) in [4.78, 5) is 27.0. The first-order valence-corrected chi connectivity index (χ1v) is 9.32. The number of nitrogens with zero attached hydrogens (tertiary/aromatic N) is 1. The number of anilines is 1. The number of amides is 2. The maximum atomic E-state index is 12.7. The van der Waals surface area contributed by atoms with Gasteiger partial charge in [0.05, 0.1) is 15.7 Å². The van der Waals surface area contributed by atoms with Gasteiger partial charge in [0, 0.05) is 24.6 Å². The van der Waals surface area contributed by atoms with Crippen LogP contribution in [0.1, 0.15) is 28.8 Å². The number of aryl methyl sites for hydroxylation is 1. The number of carbonyl (C=O) groups excluding carboxylic acids is 2. The molecule has 0 atom stereocenters. The summed E-state index contributed by atoms with van der Waals surface area (Å²) >= 11 is 12.1. The standard InChI is InChI=1S/C20H20Cl2N2O2/c1-13-5-2-3-6-15(13)20(26)24-11-9-14(10-12-24)19(25)23-17-8-4-7-16(21)18(17)22/h2-8,14H,9-12H2,1H3,(H,23,25). The van der Waals surface area contributed by atoms with Crippen LogP contribution in [0, 0.1) is 12.8 Å². The normalized spacial score (nSPS) is 15.0. The summed E-state index contributed by atoms with van der Waals surface area (Å²) in [5, 5.41) is 3.59. The highest BCUT2D eigenvalue weighted by molar-refractivity contribution is 6.44. The van der Waals surface area contributed by atoms with Crippen molar-refractivity contribution in [2.45, 2.75) is 19.8 Å². The first kappa shape index (κ1) is 18.7. The molecule has 1 N–H and O–H groups in total. The van der Waals surface area contributed by atoms with Gasteiger partial charge in [0.2, 0.25) is 5.91 Å². The summed E-state index contributed by atoms with van der Waals surface area (Å²) in [5.41, 5.74) is 2.21. The molecular weight excluding hydrogens is 371 g/mol. The number of benzene rings is 2. The van der Waals surface area contributed by atoms with E-state index in [2.05, 4.69) is 5.32 Å². The van der Waals surface area contributed by atoms with E-state index in [4.69, 9.17) is 23.2 Å². The molecule has 136 valence electrons. The van der Waals surface area contributed by atoms with Gasteiger partial charge < -0.3 is 10.2 Å². The molecule has 0 aliphatic carbocycles. The highest BCUT2D eigenvalue weighted by Crippen LogP contribution is 2.30. The number of likely N-dealkylation sites (tertiary alicyclic amines) is 1. The Morgan fingerprint density at radius 3 is 2.42 bits per heavy atom. The third-order valence-electron chi connectivity index (χ3n) is 4.74. The van der Waals surface area contributed by atoms with Crippen LogP contribution in [0.3, 0.4) is 0 Å². The Morgan fingerprint density at radius 2 is 1.73 bits per heavy atom. The number of carbonyl (C=O) groups is 2. The zero-order valence-electron chi connectivity index (χ0n) is 14.5. The predicted octanol–water partition coefficient (Wildman–Crippen LogP) is 4.79. The Kier molecular flexibility index (Phi) is 5.84. The minimum Gasteiger partial charge on any atom is -0.339 e. The minimum atomic E-state index is -0.147. The molecule has 4 nitrogen and oxygen atoms in total. The Morgan fingerprint density at radius 1 is 1.04 bits per heavy atom. The monoisotopic (exact) mass is 390 g/mol. The predicted molar refractivity (Wildman–Crippen MR) is 105 cm³/mol. The number of halogens is 2. The molecule has 6 heteroatoms. The van der Waals surface area contributed by atoms with Crippen LogP contribution in [0.4, 0.5) is 5.69 Å². The highest BCUT2D eigenvalue weighted by Gasteiger charge is 2.28. The Bertz CT molecular complexity index is 830. The summed E-state index contributed by atoms with van der Waals surface area (Å²) < 4.78 is 0. The van der Waals surface area contributed by atoms with Crippen molar-refractivity contribution in [2.24, 2.45) is 5.92 Å². The van der Waals surface area contributed by atoms with Gasteiger partial charge in [-0.05, 0) is 43.5 Å². The molecule has 1 fully saturated rings. The SMILES string of the molecule is Cc1ccccc1C(=O)N1CCC(C(=O)Nc2cccc(Cl)c2Cl)CC1. The number of nitrogens with one attached hydrogen (secondary N) is 1. The summed E-state index contributed by atoms with van der Waals surface area (Å²) in [5.74, 6) is -0.206. The number of hydrogen-bond acceptors (Lipinski definition) is 2. The van der Waals surface area contributed by atoms with Gasteiger partial charge >= 0.3 is 0 Å². The second kappa shape index (κ2) is 8.11. The van der Waals surface area contributed by atoms with Crippen LogP contribution in [-0.2, 0) is 4.79 Å². The van der Waals surface area contributed by atoms with Gasteiger partial charge in [0.1, 0.15) is 0 Å². The van der Waals surface area contributed by atoms with Crippen molar-refractivity contribution in [2.75, 3.05) is 18.4 Å². The average molecular weight is 391 g/mol. The molecule has 1 saturated heterocycles. The molecule has 2 aromatic carbocycles. The van der Waals surface area contributed by atoms with Crippen LogP contribution < -0.4 is 5.32 Å². The van der Waals surface area contributed by atoms with E-state index < -0.39 is 0 Å². The Balaban J connectivity index is 1.60. The highest BCUT2D eigenvalue weighted by atomic mass is 35.5. The largest absolute Gasteiger partial charge is 0.339 e. The first-order valence-electron chi connectivity index (χ1n) is 8.57. The second-order valence-electron chi connectivity index (χ2n) is 6.47. The summed E-state index contributed by atoms with van der Waals surface area (Å²) in [6, 6.07) is 12.7. The number of rotatable bonds is 3. The van der Waals surface area contributed by atoms with E-state index in [0.717, 1.165) is 11.1 Å². The lowest BCUT2D eigenvalue weighted by Crippen LogP contribution is -2.41. The fourth-order valence-electron chi connectivity index (χ4n) is 3.16. The fourth-order valence-corrected chi connectivity index (χ4v) is 3.51. The molecule has 0 radical (unpaired) electrons. The number of hydrogen-bond donors (Lipinski definition) is 1. The molecule has 0 aromatic heterocycles. The molecule has 26 heavy (non-hydrogen) atoms. The van der Waals surface area contributed by atoms with Crippen LogP contribution in [-0.4, -0.2) is 29.8 Å². The van der Waals surface area contributed by atoms with Crippen molar-refractivity contribution in [1.82, 2.24) is 4.90 Å². The van der Waals surface area contributed by atoms with E-state index in [0.29, 0.717) is 41.7 Å². The van der Waals surface area contributed by atoms with E-state index >= 15 is 0 Å². The van der Waals surface area contributed by atoms with Gasteiger partial charge in [0.15, 0.2) is 0 Å². The Hall–Kier alpha value is -2.04. The zero-order valence-corrected chi connectivity index (χ0v) is 16.0. The zero-order chi connectivity index (χ0) is 18.7. The molecule has 3 rings (SSSR count). The second-order valence-corrected chi connectivity index (χ2v) is 7.26. The van der Waals surface area contributed by atoms with Crippen molar-refractivity contribution in [3.05, 3.63) is 63.6 Å². The topological polar surface area (TPSA) is 49.4 Å². The quantitative estimate of drug-likeness (QED) is 0.818. The van der Waals surface area contributed by atoms with Crippen LogP contribution in [0.2, 0.25) is 10.0 Å². The van der Waals surface area contributed by atoms with E-state index in [1.54, 1.807) is 18.2 Å². The van der Waals surface area contributed by atoms with Crippen molar-refractivity contribution in [3.63, 3.8) is 0 Å². The maximum Gasteiger partial charge on any atom is 0.254 e. The molecule has 2 amide bonds. The minimum absolute atomic E-state index is 0.0276. The van der Waals surface area contributed by atoms with E-state index in [1.165, 1.54) is 0 Å². The van der Waals surface area contributed by atoms with Crippen molar-refractivity contribution in [1.29, 1.82) is 0 Å². The van der Waals surface area contributed by atoms with Crippen LogP contribution in [0.15, 0.2) is 42.5 Å². The summed E-state index contributed by atoms with van der Waals surface area (Å²) in [6.45, 7) is 3.06. The maximum absolute atomic E-state index is 12.7. The van der Waals surface area contributed by atoms with Gasteiger partial charge in [-0.1, -0.05) is 47.5 Å². The fraction of sp³-hybridized carbons (Fsp3) is 0.300. The lowest BCUT2D eigenvalue weighted by Gasteiger charge is -2.31. The summed E-state index contributed by atoms with van der Waals surface area (Å²) in [6.07, 6.45) is 1.25. The molecule has 0 spiro atoms. The van der Waals surface area contributed by atoms with E-state index in [-0.39, 0.29) is 17.7 Å². The van der Waals surface area contributed by atoms with Crippen LogP contribution >= 0.6 is 23.2 Å².